The standard InChI is InChI=1S/C14H28N4O2/c1-6-13(2,11(15)16-20)12(19)18(5)10-14(17(3)4)8-7-9-14/h20H,6-10H2,1-5H3,(H2,15,16). The number of amides is 1. The molecule has 0 aliphatic heterocycles. The average Bonchev–Trinajstić information content (AvgIpc) is 2.39. The minimum Gasteiger partial charge on any atom is -0.409 e. The molecule has 1 atom stereocenters. The van der Waals surface area contributed by atoms with Gasteiger partial charge in [-0.1, -0.05) is 12.1 Å². The predicted octanol–water partition coefficient (Wildman–Crippen LogP) is 1.09. The van der Waals surface area contributed by atoms with Crippen molar-refractivity contribution in [3.05, 3.63) is 0 Å². The van der Waals surface area contributed by atoms with Gasteiger partial charge in [0.25, 0.3) is 0 Å². The van der Waals surface area contributed by atoms with Crippen molar-refractivity contribution in [1.82, 2.24) is 9.80 Å². The molecule has 0 radical (unpaired) electrons. The first-order valence-corrected chi connectivity index (χ1v) is 7.14. The first kappa shape index (κ1) is 16.8. The summed E-state index contributed by atoms with van der Waals surface area (Å²) in [4.78, 5) is 16.6. The van der Waals surface area contributed by atoms with E-state index in [0.717, 1.165) is 12.8 Å². The van der Waals surface area contributed by atoms with Gasteiger partial charge in [-0.3, -0.25) is 4.79 Å². The highest BCUT2D eigenvalue weighted by molar-refractivity contribution is 6.06. The van der Waals surface area contributed by atoms with Crippen LogP contribution in [0.25, 0.3) is 0 Å². The number of rotatable bonds is 6. The van der Waals surface area contributed by atoms with E-state index in [9.17, 15) is 4.79 Å². The third kappa shape index (κ3) is 2.75. The van der Waals surface area contributed by atoms with Gasteiger partial charge in [0.2, 0.25) is 5.91 Å². The Labute approximate surface area is 121 Å². The molecule has 116 valence electrons. The number of nitrogens with zero attached hydrogens (tertiary/aromatic N) is 3. The van der Waals surface area contributed by atoms with Crippen molar-refractivity contribution < 1.29 is 10.0 Å². The summed E-state index contributed by atoms with van der Waals surface area (Å²) in [5, 5.41) is 11.9. The van der Waals surface area contributed by atoms with Gasteiger partial charge in [0.1, 0.15) is 5.41 Å². The maximum absolute atomic E-state index is 12.7. The van der Waals surface area contributed by atoms with Gasteiger partial charge in [0, 0.05) is 19.1 Å². The summed E-state index contributed by atoms with van der Waals surface area (Å²) in [6.45, 7) is 4.27. The van der Waals surface area contributed by atoms with Gasteiger partial charge in [0.05, 0.1) is 0 Å². The first-order valence-electron chi connectivity index (χ1n) is 7.14. The Morgan fingerprint density at radius 1 is 1.40 bits per heavy atom. The summed E-state index contributed by atoms with van der Waals surface area (Å²) < 4.78 is 0. The van der Waals surface area contributed by atoms with Crippen LogP contribution in [0.15, 0.2) is 5.16 Å². The van der Waals surface area contributed by atoms with Gasteiger partial charge in [-0.25, -0.2) is 0 Å². The lowest BCUT2D eigenvalue weighted by Gasteiger charge is -2.49. The summed E-state index contributed by atoms with van der Waals surface area (Å²) in [7, 11) is 5.91. The number of hydrogen-bond acceptors (Lipinski definition) is 4. The normalized spacial score (nSPS) is 21.2. The molecule has 1 fully saturated rings. The number of hydrogen-bond donors (Lipinski definition) is 2. The topological polar surface area (TPSA) is 82.2 Å². The SMILES string of the molecule is CCC(C)(C(=O)N(C)CC1(N(C)C)CCC1)C(N)=NO. The molecular formula is C14H28N4O2. The van der Waals surface area contributed by atoms with Gasteiger partial charge < -0.3 is 20.7 Å². The fourth-order valence-corrected chi connectivity index (χ4v) is 2.82. The maximum Gasteiger partial charge on any atom is 0.236 e. The fourth-order valence-electron chi connectivity index (χ4n) is 2.82. The summed E-state index contributed by atoms with van der Waals surface area (Å²) in [5.41, 5.74) is 4.84. The molecule has 0 aromatic carbocycles. The van der Waals surface area contributed by atoms with Crippen molar-refractivity contribution in [2.45, 2.75) is 45.1 Å². The number of carbonyl (C=O) groups excluding carboxylic acids is 1. The fraction of sp³-hybridized carbons (Fsp3) is 0.857. The van der Waals surface area contributed by atoms with E-state index in [1.165, 1.54) is 6.42 Å². The Kier molecular flexibility index (Phi) is 5.02. The second kappa shape index (κ2) is 5.99. The number of oxime groups is 1. The monoisotopic (exact) mass is 284 g/mol. The number of amidine groups is 1. The van der Waals surface area contributed by atoms with Crippen LogP contribution >= 0.6 is 0 Å². The van der Waals surface area contributed by atoms with Crippen molar-refractivity contribution in [3.8, 4) is 0 Å². The summed E-state index contributed by atoms with van der Waals surface area (Å²) in [5.74, 6) is -0.118. The Bertz CT molecular complexity index is 391. The molecule has 1 saturated carbocycles. The summed E-state index contributed by atoms with van der Waals surface area (Å²) in [6.07, 6.45) is 3.90. The van der Waals surface area contributed by atoms with Crippen LogP contribution in [0, 0.1) is 5.41 Å². The molecule has 0 heterocycles. The summed E-state index contributed by atoms with van der Waals surface area (Å²) in [6, 6.07) is 0. The van der Waals surface area contributed by atoms with Gasteiger partial charge in [-0.2, -0.15) is 0 Å². The number of carbonyl (C=O) groups is 1. The van der Waals surface area contributed by atoms with Gasteiger partial charge >= 0.3 is 0 Å². The maximum atomic E-state index is 12.7. The van der Waals surface area contributed by atoms with Gasteiger partial charge in [-0.05, 0) is 46.7 Å². The van der Waals surface area contributed by atoms with Crippen molar-refractivity contribution >= 4 is 11.7 Å². The number of likely N-dealkylation sites (N-methyl/N-ethyl adjacent to an activating group) is 2. The van der Waals surface area contributed by atoms with Crippen LogP contribution in [0.1, 0.15) is 39.5 Å². The lowest BCUT2D eigenvalue weighted by molar-refractivity contribution is -0.139. The molecule has 1 aliphatic carbocycles. The highest BCUT2D eigenvalue weighted by Crippen LogP contribution is 2.37. The van der Waals surface area contributed by atoms with E-state index in [4.69, 9.17) is 10.9 Å². The van der Waals surface area contributed by atoms with E-state index in [0.29, 0.717) is 13.0 Å². The Morgan fingerprint density at radius 3 is 2.25 bits per heavy atom. The Balaban J connectivity index is 2.86. The third-order valence-corrected chi connectivity index (χ3v) is 4.96. The minimum absolute atomic E-state index is 0.0237. The van der Waals surface area contributed by atoms with Crippen LogP contribution in [0.2, 0.25) is 0 Å². The Morgan fingerprint density at radius 2 is 1.95 bits per heavy atom. The molecule has 3 N–H and O–H groups in total. The van der Waals surface area contributed by atoms with Crippen LogP contribution in [0.5, 0.6) is 0 Å². The van der Waals surface area contributed by atoms with Crippen molar-refractivity contribution in [3.63, 3.8) is 0 Å². The predicted molar refractivity (Wildman–Crippen MR) is 79.7 cm³/mol. The average molecular weight is 284 g/mol. The molecule has 1 rings (SSSR count). The van der Waals surface area contributed by atoms with E-state index in [1.54, 1.807) is 18.9 Å². The molecule has 0 bridgehead atoms. The van der Waals surface area contributed by atoms with Crippen molar-refractivity contribution in [2.24, 2.45) is 16.3 Å². The van der Waals surface area contributed by atoms with E-state index < -0.39 is 5.41 Å². The highest BCUT2D eigenvalue weighted by Gasteiger charge is 2.44. The first-order chi connectivity index (χ1) is 9.23. The molecule has 1 unspecified atom stereocenters. The smallest absolute Gasteiger partial charge is 0.236 e. The van der Waals surface area contributed by atoms with Crippen molar-refractivity contribution in [1.29, 1.82) is 0 Å². The quantitative estimate of drug-likeness (QED) is 0.331. The molecular weight excluding hydrogens is 256 g/mol. The highest BCUT2D eigenvalue weighted by atomic mass is 16.4. The van der Waals surface area contributed by atoms with E-state index in [-0.39, 0.29) is 17.3 Å². The van der Waals surface area contributed by atoms with Crippen LogP contribution < -0.4 is 5.73 Å². The van der Waals surface area contributed by atoms with E-state index in [1.807, 2.05) is 6.92 Å². The molecule has 1 aliphatic rings. The lowest BCUT2D eigenvalue weighted by Crippen LogP contribution is -2.59. The third-order valence-electron chi connectivity index (χ3n) is 4.96. The van der Waals surface area contributed by atoms with Crippen LogP contribution in [0.3, 0.4) is 0 Å². The second-order valence-electron chi connectivity index (χ2n) is 6.30. The molecule has 6 heteroatoms. The van der Waals surface area contributed by atoms with E-state index in [2.05, 4.69) is 24.2 Å². The molecule has 1 amide bonds. The molecule has 6 nitrogen and oxygen atoms in total. The van der Waals surface area contributed by atoms with Crippen molar-refractivity contribution in [2.75, 3.05) is 27.7 Å². The number of nitrogens with two attached hydrogens (primary N) is 1. The lowest BCUT2D eigenvalue weighted by atomic mass is 9.74. The molecule has 0 aromatic rings. The minimum atomic E-state index is -0.944. The van der Waals surface area contributed by atoms with Gasteiger partial charge in [0.15, 0.2) is 5.84 Å². The van der Waals surface area contributed by atoms with Gasteiger partial charge in [-0.15, -0.1) is 0 Å². The zero-order valence-corrected chi connectivity index (χ0v) is 13.3. The second-order valence-corrected chi connectivity index (χ2v) is 6.30. The van der Waals surface area contributed by atoms with Crippen LogP contribution in [-0.4, -0.2) is 60.0 Å². The molecule has 20 heavy (non-hydrogen) atoms. The summed E-state index contributed by atoms with van der Waals surface area (Å²) >= 11 is 0. The van der Waals surface area contributed by atoms with E-state index >= 15 is 0 Å². The van der Waals surface area contributed by atoms with Crippen LogP contribution in [-0.2, 0) is 4.79 Å². The van der Waals surface area contributed by atoms with Crippen LogP contribution in [0.4, 0.5) is 0 Å². The Hall–Kier alpha value is -1.30. The zero-order valence-electron chi connectivity index (χ0n) is 13.3. The largest absolute Gasteiger partial charge is 0.409 e. The zero-order chi connectivity index (χ0) is 15.6. The molecule has 0 aromatic heterocycles. The molecule has 0 spiro atoms. The molecule has 0 saturated heterocycles.